The molecule has 2 nitrogen and oxygen atoms in total. The molecule has 0 heterocycles. The maximum absolute atomic E-state index is 11.6. The van der Waals surface area contributed by atoms with Crippen molar-refractivity contribution in [3.05, 3.63) is 35.4 Å². The van der Waals surface area contributed by atoms with Crippen LogP contribution < -0.4 is 0 Å². The van der Waals surface area contributed by atoms with Gasteiger partial charge in [-0.15, -0.1) is 0 Å². The Hall–Kier alpha value is -0.960. The van der Waals surface area contributed by atoms with Gasteiger partial charge < -0.3 is 0 Å². The van der Waals surface area contributed by atoms with Crippen molar-refractivity contribution in [2.45, 2.75) is 26.0 Å². The predicted octanol–water partition coefficient (Wildman–Crippen LogP) is 2.22. The van der Waals surface area contributed by atoms with Crippen LogP contribution in [0.4, 0.5) is 0 Å². The summed E-state index contributed by atoms with van der Waals surface area (Å²) < 4.78 is 11.6. The van der Waals surface area contributed by atoms with Crippen LogP contribution in [0.1, 0.15) is 24.5 Å². The number of Topliss-reactive ketones (excluding diaryl/α,β-unsaturated/α-hetero) is 1. The Morgan fingerprint density at radius 2 is 2.13 bits per heavy atom. The molecule has 0 aliphatic heterocycles. The summed E-state index contributed by atoms with van der Waals surface area (Å²) in [6, 6.07) is 7.99. The molecule has 82 valence electrons. The van der Waals surface area contributed by atoms with E-state index in [1.165, 1.54) is 12.5 Å². The molecule has 0 spiro atoms. The number of carbonyl (C=O) groups is 1. The lowest BCUT2D eigenvalue weighted by molar-refractivity contribution is -0.116. The molecular formula is C12H16O2S. The lowest BCUT2D eigenvalue weighted by atomic mass is 10.2. The lowest BCUT2D eigenvalue weighted by Crippen LogP contribution is -2.04. The zero-order chi connectivity index (χ0) is 11.3. The molecule has 0 N–H and O–H groups in total. The fourth-order valence-electron chi connectivity index (χ4n) is 1.32. The van der Waals surface area contributed by atoms with Gasteiger partial charge in [0.2, 0.25) is 0 Å². The van der Waals surface area contributed by atoms with Gasteiger partial charge in [0.25, 0.3) is 0 Å². The van der Waals surface area contributed by atoms with Gasteiger partial charge in [-0.3, -0.25) is 9.00 Å². The van der Waals surface area contributed by atoms with Gasteiger partial charge in [0, 0.05) is 28.7 Å². The summed E-state index contributed by atoms with van der Waals surface area (Å²) in [7, 11) is -0.921. The first kappa shape index (κ1) is 12.1. The van der Waals surface area contributed by atoms with E-state index in [9.17, 15) is 9.00 Å². The number of benzene rings is 1. The summed E-state index contributed by atoms with van der Waals surface area (Å²) in [4.78, 5) is 10.7. The van der Waals surface area contributed by atoms with E-state index in [-0.39, 0.29) is 5.78 Å². The summed E-state index contributed by atoms with van der Waals surface area (Å²) >= 11 is 0. The fourth-order valence-corrected chi connectivity index (χ4v) is 2.53. The molecule has 15 heavy (non-hydrogen) atoms. The first-order valence-corrected chi connectivity index (χ1v) is 6.46. The molecule has 1 aromatic carbocycles. The molecule has 1 atom stereocenters. The summed E-state index contributed by atoms with van der Waals surface area (Å²) in [6.07, 6.45) is 0.415. The van der Waals surface area contributed by atoms with Crippen molar-refractivity contribution in [1.29, 1.82) is 0 Å². The first-order chi connectivity index (χ1) is 7.08. The highest BCUT2D eigenvalue weighted by Crippen LogP contribution is 2.07. The Kier molecular flexibility index (Phi) is 4.69. The molecule has 0 bridgehead atoms. The van der Waals surface area contributed by atoms with Gasteiger partial charge in [-0.25, -0.2) is 0 Å². The molecule has 0 saturated carbocycles. The summed E-state index contributed by atoms with van der Waals surface area (Å²) in [6.45, 7) is 3.55. The Labute approximate surface area is 93.2 Å². The van der Waals surface area contributed by atoms with Crippen molar-refractivity contribution >= 4 is 16.6 Å². The molecule has 0 saturated heterocycles. The molecule has 0 amide bonds. The van der Waals surface area contributed by atoms with Crippen LogP contribution in [0.25, 0.3) is 0 Å². The first-order valence-electron chi connectivity index (χ1n) is 4.98. The second-order valence-corrected chi connectivity index (χ2v) is 5.31. The van der Waals surface area contributed by atoms with E-state index >= 15 is 0 Å². The predicted molar refractivity (Wildman–Crippen MR) is 63.2 cm³/mol. The van der Waals surface area contributed by atoms with Crippen molar-refractivity contribution in [3.8, 4) is 0 Å². The van der Waals surface area contributed by atoms with E-state index in [4.69, 9.17) is 0 Å². The second-order valence-electron chi connectivity index (χ2n) is 3.73. The zero-order valence-corrected chi connectivity index (χ0v) is 9.97. The van der Waals surface area contributed by atoms with Gasteiger partial charge in [-0.1, -0.05) is 29.8 Å². The summed E-state index contributed by atoms with van der Waals surface area (Å²) in [5, 5.41) is 0. The molecule has 0 aliphatic rings. The normalized spacial score (nSPS) is 12.4. The minimum atomic E-state index is -0.921. The van der Waals surface area contributed by atoms with Crippen LogP contribution in [0, 0.1) is 6.92 Å². The topological polar surface area (TPSA) is 34.1 Å². The van der Waals surface area contributed by atoms with E-state index in [0.29, 0.717) is 17.9 Å². The maximum atomic E-state index is 11.6. The highest BCUT2D eigenvalue weighted by Gasteiger charge is 2.03. The third kappa shape index (κ3) is 4.88. The van der Waals surface area contributed by atoms with Crippen LogP contribution in [0.15, 0.2) is 24.3 Å². The number of hydrogen-bond donors (Lipinski definition) is 0. The van der Waals surface area contributed by atoms with Crippen LogP contribution in [0.3, 0.4) is 0 Å². The van der Waals surface area contributed by atoms with Crippen LogP contribution in [0.2, 0.25) is 0 Å². The molecule has 1 rings (SSSR count). The average molecular weight is 224 g/mol. The van der Waals surface area contributed by atoms with Crippen molar-refractivity contribution in [2.24, 2.45) is 0 Å². The van der Waals surface area contributed by atoms with Crippen molar-refractivity contribution in [3.63, 3.8) is 0 Å². The molecule has 0 aromatic heterocycles. The Bertz CT molecular complexity index is 372. The van der Waals surface area contributed by atoms with Gasteiger partial charge in [-0.05, 0) is 19.4 Å². The zero-order valence-electron chi connectivity index (χ0n) is 9.16. The molecule has 0 aliphatic carbocycles. The third-order valence-electron chi connectivity index (χ3n) is 2.09. The highest BCUT2D eigenvalue weighted by molar-refractivity contribution is 7.84. The number of carbonyl (C=O) groups excluding carboxylic acids is 1. The largest absolute Gasteiger partial charge is 0.300 e. The third-order valence-corrected chi connectivity index (χ3v) is 3.41. The van der Waals surface area contributed by atoms with E-state index in [1.54, 1.807) is 0 Å². The van der Waals surface area contributed by atoms with E-state index in [2.05, 4.69) is 0 Å². The maximum Gasteiger partial charge on any atom is 0.130 e. The number of rotatable bonds is 5. The quantitative estimate of drug-likeness (QED) is 0.768. The molecular weight excluding hydrogens is 208 g/mol. The Morgan fingerprint density at radius 3 is 2.73 bits per heavy atom. The summed E-state index contributed by atoms with van der Waals surface area (Å²) in [5.41, 5.74) is 2.26. The van der Waals surface area contributed by atoms with Crippen LogP contribution >= 0.6 is 0 Å². The standard InChI is InChI=1S/C12H16O2S/c1-10-4-3-5-12(8-10)9-15(14)7-6-11(2)13/h3-5,8H,6-7,9H2,1-2H3. The Morgan fingerprint density at radius 1 is 1.40 bits per heavy atom. The van der Waals surface area contributed by atoms with Crippen LogP contribution in [0.5, 0.6) is 0 Å². The minimum Gasteiger partial charge on any atom is -0.300 e. The summed E-state index contributed by atoms with van der Waals surface area (Å²) in [5.74, 6) is 1.13. The van der Waals surface area contributed by atoms with Crippen molar-refractivity contribution in [1.82, 2.24) is 0 Å². The monoisotopic (exact) mass is 224 g/mol. The minimum absolute atomic E-state index is 0.104. The lowest BCUT2D eigenvalue weighted by Gasteiger charge is -2.02. The van der Waals surface area contributed by atoms with Crippen molar-refractivity contribution in [2.75, 3.05) is 5.75 Å². The van der Waals surface area contributed by atoms with Crippen LogP contribution in [-0.4, -0.2) is 15.7 Å². The number of ketones is 1. The van der Waals surface area contributed by atoms with Gasteiger partial charge in [0.1, 0.15) is 5.78 Å². The van der Waals surface area contributed by atoms with Gasteiger partial charge >= 0.3 is 0 Å². The molecule has 1 unspecified atom stereocenters. The highest BCUT2D eigenvalue weighted by atomic mass is 32.2. The van der Waals surface area contributed by atoms with E-state index < -0.39 is 10.8 Å². The van der Waals surface area contributed by atoms with Gasteiger partial charge in [0.15, 0.2) is 0 Å². The molecule has 0 radical (unpaired) electrons. The number of aryl methyl sites for hydroxylation is 1. The fraction of sp³-hybridized carbons (Fsp3) is 0.417. The van der Waals surface area contributed by atoms with Crippen molar-refractivity contribution < 1.29 is 9.00 Å². The van der Waals surface area contributed by atoms with E-state index in [0.717, 1.165) is 5.56 Å². The number of hydrogen-bond acceptors (Lipinski definition) is 2. The second kappa shape index (κ2) is 5.81. The molecule has 3 heteroatoms. The molecule has 1 aromatic rings. The average Bonchev–Trinajstić information content (AvgIpc) is 2.15. The van der Waals surface area contributed by atoms with Gasteiger partial charge in [-0.2, -0.15) is 0 Å². The van der Waals surface area contributed by atoms with E-state index in [1.807, 2.05) is 31.2 Å². The van der Waals surface area contributed by atoms with Crippen LogP contribution in [-0.2, 0) is 21.3 Å². The Balaban J connectivity index is 2.48. The molecule has 0 fully saturated rings. The smallest absolute Gasteiger partial charge is 0.130 e. The van der Waals surface area contributed by atoms with Gasteiger partial charge in [0.05, 0.1) is 0 Å². The SMILES string of the molecule is CC(=O)CCS(=O)Cc1cccc(C)c1.